The molecule has 2 aromatic rings. The molecule has 118 valence electrons. The van der Waals surface area contributed by atoms with E-state index in [2.05, 4.69) is 6.58 Å². The van der Waals surface area contributed by atoms with E-state index in [4.69, 9.17) is 10.4 Å². The summed E-state index contributed by atoms with van der Waals surface area (Å²) < 4.78 is 0. The van der Waals surface area contributed by atoms with Gasteiger partial charge in [-0.1, -0.05) is 36.4 Å². The van der Waals surface area contributed by atoms with Gasteiger partial charge < -0.3 is 10.0 Å². The van der Waals surface area contributed by atoms with Crippen LogP contribution in [0.1, 0.15) is 16.8 Å². The summed E-state index contributed by atoms with van der Waals surface area (Å²) in [6, 6.07) is 9.76. The van der Waals surface area contributed by atoms with Crippen molar-refractivity contribution < 1.29 is 5.11 Å². The summed E-state index contributed by atoms with van der Waals surface area (Å²) >= 11 is 1.51. The fraction of sp³-hybridized carbons (Fsp3) is 0.222. The first kappa shape index (κ1) is 15.5. The fourth-order valence-corrected chi connectivity index (χ4v) is 3.77. The molecule has 2 heterocycles. The van der Waals surface area contributed by atoms with Crippen molar-refractivity contribution in [3.05, 3.63) is 58.6 Å². The van der Waals surface area contributed by atoms with Gasteiger partial charge in [0, 0.05) is 17.0 Å². The Morgan fingerprint density at radius 2 is 2.09 bits per heavy atom. The summed E-state index contributed by atoms with van der Waals surface area (Å²) in [5.74, 6) is 0.522. The molecular weight excluding hydrogens is 306 g/mol. The maximum Gasteiger partial charge on any atom is 0.135 e. The predicted octanol–water partition coefficient (Wildman–Crippen LogP) is 4.25. The van der Waals surface area contributed by atoms with Gasteiger partial charge in [0.05, 0.1) is 17.3 Å². The van der Waals surface area contributed by atoms with Crippen molar-refractivity contribution in [3.8, 4) is 11.3 Å². The van der Waals surface area contributed by atoms with Crippen molar-refractivity contribution in [1.29, 1.82) is 5.41 Å². The summed E-state index contributed by atoms with van der Waals surface area (Å²) in [6.07, 6.45) is 1.74. The standard InChI is InChI=1S/C18H19N3OS/c1-4-10-21-11(2)16(22)14(17(21)19)18-20-15(12(3)23-18)13-8-6-5-7-9-13/h4-9,11,19,22H,1,10H2,2-3H3. The van der Waals surface area contributed by atoms with Crippen LogP contribution in [0.4, 0.5) is 0 Å². The third-order valence-electron chi connectivity index (χ3n) is 4.03. The first-order chi connectivity index (χ1) is 11.0. The molecule has 0 spiro atoms. The van der Waals surface area contributed by atoms with E-state index in [0.29, 0.717) is 23.0 Å². The smallest absolute Gasteiger partial charge is 0.135 e. The van der Waals surface area contributed by atoms with Crippen LogP contribution < -0.4 is 0 Å². The number of hydrogen-bond acceptors (Lipinski definition) is 4. The zero-order chi connectivity index (χ0) is 16.6. The molecule has 1 aliphatic rings. The van der Waals surface area contributed by atoms with E-state index >= 15 is 0 Å². The lowest BCUT2D eigenvalue weighted by molar-refractivity contribution is 0.300. The Morgan fingerprint density at radius 3 is 2.74 bits per heavy atom. The van der Waals surface area contributed by atoms with Crippen molar-refractivity contribution >= 4 is 22.7 Å². The highest BCUT2D eigenvalue weighted by atomic mass is 32.1. The minimum absolute atomic E-state index is 0.213. The Labute approximate surface area is 139 Å². The van der Waals surface area contributed by atoms with E-state index in [1.807, 2.05) is 49.1 Å². The van der Waals surface area contributed by atoms with Gasteiger partial charge in [-0.3, -0.25) is 5.41 Å². The second-order valence-corrected chi connectivity index (χ2v) is 6.72. The van der Waals surface area contributed by atoms with Gasteiger partial charge >= 0.3 is 0 Å². The SMILES string of the molecule is C=CCN1C(=N)C(c2nc(-c3ccccc3)c(C)s2)=C(O)C1C. The molecule has 4 nitrogen and oxygen atoms in total. The number of nitrogens with zero attached hydrogens (tertiary/aromatic N) is 2. The van der Waals surface area contributed by atoms with E-state index in [1.54, 1.807) is 6.08 Å². The molecule has 3 rings (SSSR count). The monoisotopic (exact) mass is 325 g/mol. The Kier molecular flexibility index (Phi) is 4.05. The molecule has 1 unspecified atom stereocenters. The average molecular weight is 325 g/mol. The van der Waals surface area contributed by atoms with Gasteiger partial charge in [-0.2, -0.15) is 0 Å². The minimum atomic E-state index is -0.222. The van der Waals surface area contributed by atoms with Crippen LogP contribution in [-0.4, -0.2) is 33.4 Å². The molecule has 0 bridgehead atoms. The van der Waals surface area contributed by atoms with Gasteiger partial charge in [0.1, 0.15) is 16.6 Å². The lowest BCUT2D eigenvalue weighted by Crippen LogP contribution is -2.33. The normalized spacial score (nSPS) is 17.9. The minimum Gasteiger partial charge on any atom is -0.509 e. The lowest BCUT2D eigenvalue weighted by Gasteiger charge is -2.22. The third kappa shape index (κ3) is 2.57. The second kappa shape index (κ2) is 6.01. The van der Waals surface area contributed by atoms with Gasteiger partial charge in [0.25, 0.3) is 0 Å². The Morgan fingerprint density at radius 1 is 1.39 bits per heavy atom. The average Bonchev–Trinajstić information content (AvgIpc) is 3.02. The van der Waals surface area contributed by atoms with Crippen LogP contribution in [0, 0.1) is 12.3 Å². The van der Waals surface area contributed by atoms with Gasteiger partial charge in [-0.05, 0) is 13.8 Å². The van der Waals surface area contributed by atoms with Gasteiger partial charge in [0.15, 0.2) is 0 Å². The summed E-state index contributed by atoms with van der Waals surface area (Å²) in [5.41, 5.74) is 2.50. The molecule has 0 amide bonds. The molecular formula is C18H19N3OS. The number of thiazole rings is 1. The van der Waals surface area contributed by atoms with Gasteiger partial charge in [-0.15, -0.1) is 17.9 Å². The van der Waals surface area contributed by atoms with Crippen LogP contribution in [0.3, 0.4) is 0 Å². The van der Waals surface area contributed by atoms with E-state index < -0.39 is 0 Å². The summed E-state index contributed by atoms with van der Waals surface area (Å²) in [6.45, 7) is 8.16. The Bertz CT molecular complexity index is 792. The molecule has 0 fully saturated rings. The molecule has 0 radical (unpaired) electrons. The van der Waals surface area contributed by atoms with E-state index in [0.717, 1.165) is 16.1 Å². The molecule has 1 aliphatic heterocycles. The summed E-state index contributed by atoms with van der Waals surface area (Å²) in [5, 5.41) is 19.6. The van der Waals surface area contributed by atoms with Crippen molar-refractivity contribution in [1.82, 2.24) is 9.88 Å². The molecule has 0 saturated heterocycles. The fourth-order valence-electron chi connectivity index (χ4n) is 2.78. The lowest BCUT2D eigenvalue weighted by atomic mass is 10.1. The third-order valence-corrected chi connectivity index (χ3v) is 5.02. The number of aryl methyl sites for hydroxylation is 1. The Hall–Kier alpha value is -2.40. The van der Waals surface area contributed by atoms with Crippen molar-refractivity contribution in [3.63, 3.8) is 0 Å². The first-order valence-electron chi connectivity index (χ1n) is 7.47. The van der Waals surface area contributed by atoms with Crippen LogP contribution in [0.15, 0.2) is 48.7 Å². The van der Waals surface area contributed by atoms with Gasteiger partial charge in [-0.25, -0.2) is 4.98 Å². The van der Waals surface area contributed by atoms with Crippen molar-refractivity contribution in [2.24, 2.45) is 0 Å². The quantitative estimate of drug-likeness (QED) is 0.826. The molecule has 5 heteroatoms. The van der Waals surface area contributed by atoms with Crippen LogP contribution in [0.25, 0.3) is 16.8 Å². The second-order valence-electron chi connectivity index (χ2n) is 5.52. The molecule has 0 aliphatic carbocycles. The predicted molar refractivity (Wildman–Crippen MR) is 95.9 cm³/mol. The largest absolute Gasteiger partial charge is 0.509 e. The van der Waals surface area contributed by atoms with E-state index in [1.165, 1.54) is 11.3 Å². The highest BCUT2D eigenvalue weighted by molar-refractivity contribution is 7.13. The number of aliphatic hydroxyl groups is 1. The number of hydrogen-bond donors (Lipinski definition) is 2. The Balaban J connectivity index is 2.03. The molecule has 23 heavy (non-hydrogen) atoms. The van der Waals surface area contributed by atoms with Gasteiger partial charge in [0.2, 0.25) is 0 Å². The zero-order valence-electron chi connectivity index (χ0n) is 13.2. The van der Waals surface area contributed by atoms with E-state index in [9.17, 15) is 5.11 Å². The topological polar surface area (TPSA) is 60.2 Å². The number of aliphatic hydroxyl groups excluding tert-OH is 1. The maximum absolute atomic E-state index is 10.5. The molecule has 1 aromatic carbocycles. The van der Waals surface area contributed by atoms with Crippen LogP contribution in [-0.2, 0) is 0 Å². The highest BCUT2D eigenvalue weighted by Crippen LogP contribution is 2.37. The number of rotatable bonds is 4. The molecule has 0 saturated carbocycles. The highest BCUT2D eigenvalue weighted by Gasteiger charge is 2.35. The molecule has 1 atom stereocenters. The number of nitrogens with one attached hydrogen (secondary N) is 1. The van der Waals surface area contributed by atoms with Crippen molar-refractivity contribution in [2.75, 3.05) is 6.54 Å². The van der Waals surface area contributed by atoms with Crippen molar-refractivity contribution in [2.45, 2.75) is 19.9 Å². The summed E-state index contributed by atoms with van der Waals surface area (Å²) in [4.78, 5) is 7.59. The zero-order valence-corrected chi connectivity index (χ0v) is 14.0. The number of aromatic nitrogens is 1. The van der Waals surface area contributed by atoms with E-state index in [-0.39, 0.29) is 11.8 Å². The first-order valence-corrected chi connectivity index (χ1v) is 8.29. The van der Waals surface area contributed by atoms with Crippen LogP contribution in [0.5, 0.6) is 0 Å². The number of amidine groups is 1. The molecule has 1 aromatic heterocycles. The van der Waals surface area contributed by atoms with Crippen LogP contribution >= 0.6 is 11.3 Å². The summed E-state index contributed by atoms with van der Waals surface area (Å²) in [7, 11) is 0. The maximum atomic E-state index is 10.5. The number of benzene rings is 1. The molecule has 2 N–H and O–H groups in total. The van der Waals surface area contributed by atoms with Crippen LogP contribution in [0.2, 0.25) is 0 Å².